The zero-order valence-corrected chi connectivity index (χ0v) is 16.4. The molecule has 0 bridgehead atoms. The van der Waals surface area contributed by atoms with Crippen molar-refractivity contribution in [2.45, 2.75) is 25.7 Å². The molecule has 0 saturated carbocycles. The van der Waals surface area contributed by atoms with Gasteiger partial charge in [0.2, 0.25) is 0 Å². The molecule has 7 heteroatoms. The van der Waals surface area contributed by atoms with E-state index in [0.29, 0.717) is 44.2 Å². The number of hydrogen-bond donors (Lipinski definition) is 0. The molecule has 0 aromatic heterocycles. The Bertz CT molecular complexity index is 560. The lowest BCUT2D eigenvalue weighted by molar-refractivity contribution is 0.0106. The summed E-state index contributed by atoms with van der Waals surface area (Å²) in [4.78, 5) is 25.6. The van der Waals surface area contributed by atoms with Crippen molar-refractivity contribution in [3.8, 4) is 0 Å². The predicted octanol–water partition coefficient (Wildman–Crippen LogP) is 3.13. The van der Waals surface area contributed by atoms with E-state index in [2.05, 4.69) is 0 Å². The molecule has 1 aromatic rings. The highest BCUT2D eigenvalue weighted by Gasteiger charge is 2.34. The molecule has 1 aromatic carbocycles. The number of ether oxygens (including phenoxy) is 3. The minimum absolute atomic E-state index is 0.249. The molecule has 2 amide bonds. The van der Waals surface area contributed by atoms with Gasteiger partial charge in [-0.2, -0.15) is 0 Å². The van der Waals surface area contributed by atoms with Gasteiger partial charge in [-0.1, -0.05) is 25.0 Å². The summed E-state index contributed by atoms with van der Waals surface area (Å²) in [5.41, 5.74) is 0.926. The number of carbonyl (C=O) groups excluding carboxylic acids is 2. The van der Waals surface area contributed by atoms with Gasteiger partial charge in [-0.15, -0.1) is 11.6 Å². The summed E-state index contributed by atoms with van der Waals surface area (Å²) in [6, 6.07) is 6.86. The highest BCUT2D eigenvalue weighted by molar-refractivity contribution is 6.21. The van der Waals surface area contributed by atoms with Gasteiger partial charge in [0, 0.05) is 12.5 Å². The quantitative estimate of drug-likeness (QED) is 0.258. The second-order valence-corrected chi connectivity index (χ2v) is 6.63. The average molecular weight is 398 g/mol. The maximum atomic E-state index is 12.2. The van der Waals surface area contributed by atoms with Crippen LogP contribution in [-0.4, -0.2) is 68.8 Å². The van der Waals surface area contributed by atoms with Crippen molar-refractivity contribution in [1.82, 2.24) is 4.90 Å². The molecule has 0 saturated heterocycles. The molecule has 150 valence electrons. The predicted molar refractivity (Wildman–Crippen MR) is 103 cm³/mol. The van der Waals surface area contributed by atoms with E-state index in [1.165, 1.54) is 4.90 Å². The highest BCUT2D eigenvalue weighted by Crippen LogP contribution is 2.21. The summed E-state index contributed by atoms with van der Waals surface area (Å²) in [6.45, 7) is 3.28. The SMILES string of the molecule is O=C1c2ccccc2C(=O)N1CCOCCOCCOCCCCCCCl. The molecule has 0 aliphatic carbocycles. The molecule has 0 N–H and O–H groups in total. The Hall–Kier alpha value is -1.47. The van der Waals surface area contributed by atoms with Gasteiger partial charge in [-0.05, 0) is 25.0 Å². The van der Waals surface area contributed by atoms with E-state index < -0.39 is 0 Å². The first-order valence-corrected chi connectivity index (χ1v) is 10.0. The second kappa shape index (κ2) is 12.8. The number of alkyl halides is 1. The first-order chi connectivity index (χ1) is 13.3. The van der Waals surface area contributed by atoms with Crippen molar-refractivity contribution in [3.63, 3.8) is 0 Å². The monoisotopic (exact) mass is 397 g/mol. The molecule has 0 fully saturated rings. The lowest BCUT2D eigenvalue weighted by atomic mass is 10.1. The van der Waals surface area contributed by atoms with Crippen molar-refractivity contribution in [2.24, 2.45) is 0 Å². The smallest absolute Gasteiger partial charge is 0.261 e. The fourth-order valence-corrected chi connectivity index (χ4v) is 2.98. The Balaban J connectivity index is 1.43. The number of unbranched alkanes of at least 4 members (excludes halogenated alkanes) is 3. The van der Waals surface area contributed by atoms with Crippen molar-refractivity contribution in [3.05, 3.63) is 35.4 Å². The van der Waals surface area contributed by atoms with Crippen molar-refractivity contribution >= 4 is 23.4 Å². The topological polar surface area (TPSA) is 65.1 Å². The maximum Gasteiger partial charge on any atom is 0.261 e. The van der Waals surface area contributed by atoms with Crippen LogP contribution in [0.4, 0.5) is 0 Å². The third-order valence-electron chi connectivity index (χ3n) is 4.25. The summed E-state index contributed by atoms with van der Waals surface area (Å²) in [7, 11) is 0. The van der Waals surface area contributed by atoms with Gasteiger partial charge in [-0.3, -0.25) is 14.5 Å². The standard InChI is InChI=1S/C20H28ClNO5/c21-9-5-1-2-6-11-25-13-15-27-16-14-26-12-10-22-19(23)17-7-3-4-8-18(17)20(22)24/h3-4,7-8H,1-2,5-6,9-16H2. The van der Waals surface area contributed by atoms with Crippen LogP contribution in [0.25, 0.3) is 0 Å². The summed E-state index contributed by atoms with van der Waals surface area (Å²) >= 11 is 5.62. The molecule has 27 heavy (non-hydrogen) atoms. The lowest BCUT2D eigenvalue weighted by Crippen LogP contribution is -2.33. The number of halogens is 1. The molecule has 1 aliphatic rings. The molecule has 1 heterocycles. The minimum Gasteiger partial charge on any atom is -0.379 e. The first kappa shape index (κ1) is 21.8. The fraction of sp³-hybridized carbons (Fsp3) is 0.600. The molecule has 1 aliphatic heterocycles. The van der Waals surface area contributed by atoms with Gasteiger partial charge in [-0.25, -0.2) is 0 Å². The van der Waals surface area contributed by atoms with Crippen LogP contribution in [0.1, 0.15) is 46.4 Å². The average Bonchev–Trinajstić information content (AvgIpc) is 2.93. The molecule has 6 nitrogen and oxygen atoms in total. The third-order valence-corrected chi connectivity index (χ3v) is 4.52. The fourth-order valence-electron chi connectivity index (χ4n) is 2.79. The van der Waals surface area contributed by atoms with E-state index in [1.807, 2.05) is 0 Å². The summed E-state index contributed by atoms with van der Waals surface area (Å²) < 4.78 is 16.4. The van der Waals surface area contributed by atoms with Crippen LogP contribution in [0.2, 0.25) is 0 Å². The molecule has 0 spiro atoms. The number of fused-ring (bicyclic) bond motifs is 1. The summed E-state index contributed by atoms with van der Waals surface area (Å²) in [5, 5.41) is 0. The summed E-state index contributed by atoms with van der Waals surface area (Å²) in [5.74, 6) is 0.222. The largest absolute Gasteiger partial charge is 0.379 e. The van der Waals surface area contributed by atoms with E-state index >= 15 is 0 Å². The molecular formula is C20H28ClNO5. The molecule has 2 rings (SSSR count). The molecule has 0 atom stereocenters. The normalized spacial score (nSPS) is 13.4. The zero-order valence-electron chi connectivity index (χ0n) is 15.7. The Morgan fingerprint density at radius 1 is 0.704 bits per heavy atom. The van der Waals surface area contributed by atoms with E-state index in [4.69, 9.17) is 25.8 Å². The van der Waals surface area contributed by atoms with Crippen LogP contribution < -0.4 is 0 Å². The number of nitrogens with zero attached hydrogens (tertiary/aromatic N) is 1. The summed E-state index contributed by atoms with van der Waals surface area (Å²) in [6.07, 6.45) is 4.42. The second-order valence-electron chi connectivity index (χ2n) is 6.25. The van der Waals surface area contributed by atoms with Crippen LogP contribution in [0.15, 0.2) is 24.3 Å². The number of benzene rings is 1. The van der Waals surface area contributed by atoms with Crippen LogP contribution in [0, 0.1) is 0 Å². The van der Waals surface area contributed by atoms with Gasteiger partial charge in [0.1, 0.15) is 0 Å². The van der Waals surface area contributed by atoms with Crippen LogP contribution in [0.5, 0.6) is 0 Å². The Morgan fingerprint density at radius 2 is 1.22 bits per heavy atom. The maximum absolute atomic E-state index is 12.2. The molecule has 0 unspecified atom stereocenters. The van der Waals surface area contributed by atoms with Crippen molar-refractivity contribution in [1.29, 1.82) is 0 Å². The number of hydrogen-bond acceptors (Lipinski definition) is 5. The van der Waals surface area contributed by atoms with Gasteiger partial charge in [0.15, 0.2) is 0 Å². The van der Waals surface area contributed by atoms with Crippen molar-refractivity contribution in [2.75, 3.05) is 52.1 Å². The number of rotatable bonds is 15. The van der Waals surface area contributed by atoms with Crippen LogP contribution in [0.3, 0.4) is 0 Å². The van der Waals surface area contributed by atoms with Crippen LogP contribution in [-0.2, 0) is 14.2 Å². The van der Waals surface area contributed by atoms with Crippen molar-refractivity contribution < 1.29 is 23.8 Å². The van der Waals surface area contributed by atoms with Gasteiger partial charge in [0.25, 0.3) is 11.8 Å². The highest BCUT2D eigenvalue weighted by atomic mass is 35.5. The van der Waals surface area contributed by atoms with E-state index in [1.54, 1.807) is 24.3 Å². The van der Waals surface area contributed by atoms with Crippen LogP contribution >= 0.6 is 11.6 Å². The molecule has 0 radical (unpaired) electrons. The zero-order chi connectivity index (χ0) is 19.3. The van der Waals surface area contributed by atoms with E-state index in [9.17, 15) is 9.59 Å². The first-order valence-electron chi connectivity index (χ1n) is 9.50. The Morgan fingerprint density at radius 3 is 1.81 bits per heavy atom. The van der Waals surface area contributed by atoms with Gasteiger partial charge < -0.3 is 14.2 Å². The van der Waals surface area contributed by atoms with E-state index in [0.717, 1.165) is 38.2 Å². The number of carbonyl (C=O) groups is 2. The lowest BCUT2D eigenvalue weighted by Gasteiger charge is -2.13. The Kier molecular flexibility index (Phi) is 10.4. The van der Waals surface area contributed by atoms with Gasteiger partial charge in [0.05, 0.1) is 50.7 Å². The number of amides is 2. The molecular weight excluding hydrogens is 370 g/mol. The minimum atomic E-state index is -0.254. The van der Waals surface area contributed by atoms with E-state index in [-0.39, 0.29) is 18.4 Å². The third kappa shape index (κ3) is 7.22. The number of imide groups is 1. The Labute approximate surface area is 165 Å². The van der Waals surface area contributed by atoms with Gasteiger partial charge >= 0.3 is 0 Å².